The molecule has 0 radical (unpaired) electrons. The molecule has 0 amide bonds. The molecule has 0 aliphatic carbocycles. The Hall–Kier alpha value is -1.57. The van der Waals surface area contributed by atoms with Crippen molar-refractivity contribution in [2.24, 2.45) is 5.41 Å². The highest BCUT2D eigenvalue weighted by molar-refractivity contribution is 5.95. The van der Waals surface area contributed by atoms with Crippen LogP contribution in [0.4, 0.5) is 5.69 Å². The van der Waals surface area contributed by atoms with Crippen molar-refractivity contribution in [3.63, 3.8) is 0 Å². The number of Topliss-reactive ketones (excluding diaryl/α,β-unsaturated/α-hetero) is 1. The Morgan fingerprint density at radius 2 is 1.90 bits per heavy atom. The zero-order valence-corrected chi connectivity index (χ0v) is 13.6. The molecule has 0 saturated carbocycles. The van der Waals surface area contributed by atoms with E-state index in [-0.39, 0.29) is 11.2 Å². The maximum Gasteiger partial charge on any atom is 0.160 e. The predicted molar refractivity (Wildman–Crippen MR) is 87.0 cm³/mol. The number of hydrogen-bond acceptors (Lipinski definition) is 2. The van der Waals surface area contributed by atoms with Gasteiger partial charge in [-0.25, -0.2) is 0 Å². The number of nitrogens with one attached hydrogen (secondary N) is 1. The molecule has 0 heterocycles. The molecular formula is C18H27NO. The molecule has 0 unspecified atom stereocenters. The first-order valence-electron chi connectivity index (χ1n) is 7.29. The molecule has 1 N–H and O–H groups in total. The standard InChI is InChI=1S/C18H27NO/c1-7-18(5,6)11-17(20)15(4)12-19-16-9-8-13(2)14(3)10-16/h8-10,12,19H,7,11H2,1-6H3/b15-12-. The molecule has 20 heavy (non-hydrogen) atoms. The van der Waals surface area contributed by atoms with Crippen LogP contribution >= 0.6 is 0 Å². The van der Waals surface area contributed by atoms with Crippen molar-refractivity contribution in [2.45, 2.75) is 54.4 Å². The Kier molecular flexibility index (Phi) is 5.55. The van der Waals surface area contributed by atoms with Crippen molar-refractivity contribution < 1.29 is 4.79 Å². The van der Waals surface area contributed by atoms with E-state index in [0.29, 0.717) is 6.42 Å². The summed E-state index contributed by atoms with van der Waals surface area (Å²) in [5.41, 5.74) is 4.41. The van der Waals surface area contributed by atoms with Gasteiger partial charge in [-0.05, 0) is 49.4 Å². The van der Waals surface area contributed by atoms with Gasteiger partial charge in [-0.2, -0.15) is 0 Å². The van der Waals surface area contributed by atoms with E-state index in [2.05, 4.69) is 52.1 Å². The summed E-state index contributed by atoms with van der Waals surface area (Å²) in [4.78, 5) is 12.2. The highest BCUT2D eigenvalue weighted by atomic mass is 16.1. The Morgan fingerprint density at radius 1 is 1.25 bits per heavy atom. The third-order valence-corrected chi connectivity index (χ3v) is 4.00. The highest BCUT2D eigenvalue weighted by Crippen LogP contribution is 2.26. The van der Waals surface area contributed by atoms with E-state index in [0.717, 1.165) is 17.7 Å². The molecule has 0 aliphatic heterocycles. The van der Waals surface area contributed by atoms with Crippen LogP contribution in [0, 0.1) is 19.3 Å². The van der Waals surface area contributed by atoms with Crippen LogP contribution in [0.15, 0.2) is 30.0 Å². The molecule has 0 spiro atoms. The van der Waals surface area contributed by atoms with Crippen molar-refractivity contribution in [1.82, 2.24) is 0 Å². The molecule has 1 aromatic carbocycles. The van der Waals surface area contributed by atoms with Crippen LogP contribution in [0.5, 0.6) is 0 Å². The van der Waals surface area contributed by atoms with E-state index >= 15 is 0 Å². The topological polar surface area (TPSA) is 29.1 Å². The number of carbonyl (C=O) groups excluding carboxylic acids is 1. The summed E-state index contributed by atoms with van der Waals surface area (Å²) in [5.74, 6) is 0.216. The lowest BCUT2D eigenvalue weighted by Gasteiger charge is -2.21. The SMILES string of the molecule is CCC(C)(C)CC(=O)/C(C)=C\Nc1ccc(C)c(C)c1. The molecule has 0 atom stereocenters. The molecule has 2 heteroatoms. The fourth-order valence-corrected chi connectivity index (χ4v) is 1.80. The van der Waals surface area contributed by atoms with E-state index < -0.39 is 0 Å². The largest absolute Gasteiger partial charge is 0.361 e. The maximum absolute atomic E-state index is 12.2. The first-order valence-corrected chi connectivity index (χ1v) is 7.29. The first kappa shape index (κ1) is 16.5. The summed E-state index contributed by atoms with van der Waals surface area (Å²) >= 11 is 0. The van der Waals surface area contributed by atoms with Gasteiger partial charge in [-0.1, -0.05) is 33.3 Å². The number of anilines is 1. The minimum absolute atomic E-state index is 0.0760. The number of aryl methyl sites for hydroxylation is 2. The quantitative estimate of drug-likeness (QED) is 0.738. The molecule has 0 bridgehead atoms. The van der Waals surface area contributed by atoms with Gasteiger partial charge in [0.05, 0.1) is 0 Å². The maximum atomic E-state index is 12.2. The van der Waals surface area contributed by atoms with E-state index in [1.807, 2.05) is 19.2 Å². The average molecular weight is 273 g/mol. The van der Waals surface area contributed by atoms with E-state index in [9.17, 15) is 4.79 Å². The minimum atomic E-state index is 0.0760. The van der Waals surface area contributed by atoms with Crippen LogP contribution in [0.2, 0.25) is 0 Å². The zero-order chi connectivity index (χ0) is 15.3. The second kappa shape index (κ2) is 6.74. The Balaban J connectivity index is 2.69. The summed E-state index contributed by atoms with van der Waals surface area (Å²) in [7, 11) is 0. The third kappa shape index (κ3) is 4.84. The number of ketones is 1. The van der Waals surface area contributed by atoms with Gasteiger partial charge in [0.25, 0.3) is 0 Å². The van der Waals surface area contributed by atoms with Crippen molar-refractivity contribution in [3.05, 3.63) is 41.1 Å². The number of allylic oxidation sites excluding steroid dienone is 1. The van der Waals surface area contributed by atoms with Gasteiger partial charge in [0.15, 0.2) is 5.78 Å². The van der Waals surface area contributed by atoms with Gasteiger partial charge in [0.1, 0.15) is 0 Å². The molecular weight excluding hydrogens is 246 g/mol. The molecule has 110 valence electrons. The number of hydrogen-bond donors (Lipinski definition) is 1. The Bertz CT molecular complexity index is 512. The van der Waals surface area contributed by atoms with Gasteiger partial charge in [-0.15, -0.1) is 0 Å². The lowest BCUT2D eigenvalue weighted by atomic mass is 9.83. The summed E-state index contributed by atoms with van der Waals surface area (Å²) in [5, 5.41) is 3.21. The van der Waals surface area contributed by atoms with Crippen molar-refractivity contribution in [3.8, 4) is 0 Å². The fraction of sp³-hybridized carbons (Fsp3) is 0.500. The normalized spacial score (nSPS) is 12.4. The predicted octanol–water partition coefficient (Wildman–Crippen LogP) is 5.01. The second-order valence-corrected chi connectivity index (χ2v) is 6.39. The zero-order valence-electron chi connectivity index (χ0n) is 13.6. The average Bonchev–Trinajstić information content (AvgIpc) is 2.39. The van der Waals surface area contributed by atoms with Crippen LogP contribution in [0.25, 0.3) is 0 Å². The van der Waals surface area contributed by atoms with Crippen LogP contribution in [-0.4, -0.2) is 5.78 Å². The van der Waals surface area contributed by atoms with Crippen molar-refractivity contribution >= 4 is 11.5 Å². The molecule has 2 nitrogen and oxygen atoms in total. The fourth-order valence-electron chi connectivity index (χ4n) is 1.80. The van der Waals surface area contributed by atoms with Gasteiger partial charge < -0.3 is 5.32 Å². The van der Waals surface area contributed by atoms with Gasteiger partial charge in [0, 0.05) is 23.9 Å². The van der Waals surface area contributed by atoms with E-state index in [1.54, 1.807) is 0 Å². The summed E-state index contributed by atoms with van der Waals surface area (Å²) < 4.78 is 0. The third-order valence-electron chi connectivity index (χ3n) is 4.00. The smallest absolute Gasteiger partial charge is 0.160 e. The van der Waals surface area contributed by atoms with Crippen molar-refractivity contribution in [2.75, 3.05) is 5.32 Å². The highest BCUT2D eigenvalue weighted by Gasteiger charge is 2.20. The number of benzene rings is 1. The molecule has 1 aromatic rings. The summed E-state index contributed by atoms with van der Waals surface area (Å²) in [6.07, 6.45) is 3.43. The lowest BCUT2D eigenvalue weighted by Crippen LogP contribution is -2.17. The van der Waals surface area contributed by atoms with Gasteiger partial charge in [0.2, 0.25) is 0 Å². The van der Waals surface area contributed by atoms with Crippen LogP contribution in [0.3, 0.4) is 0 Å². The number of carbonyl (C=O) groups is 1. The minimum Gasteiger partial charge on any atom is -0.361 e. The Labute approximate surface area is 123 Å². The van der Waals surface area contributed by atoms with Crippen LogP contribution < -0.4 is 5.32 Å². The molecule has 1 rings (SSSR count). The van der Waals surface area contributed by atoms with Gasteiger partial charge >= 0.3 is 0 Å². The second-order valence-electron chi connectivity index (χ2n) is 6.39. The summed E-state index contributed by atoms with van der Waals surface area (Å²) in [6.45, 7) is 12.5. The van der Waals surface area contributed by atoms with Crippen LogP contribution in [-0.2, 0) is 4.79 Å². The van der Waals surface area contributed by atoms with Crippen LogP contribution in [0.1, 0.15) is 51.7 Å². The molecule has 0 aromatic heterocycles. The lowest BCUT2D eigenvalue weighted by molar-refractivity contribution is -0.117. The Morgan fingerprint density at radius 3 is 2.45 bits per heavy atom. The number of rotatable bonds is 6. The van der Waals surface area contributed by atoms with Crippen molar-refractivity contribution in [1.29, 1.82) is 0 Å². The van der Waals surface area contributed by atoms with E-state index in [1.165, 1.54) is 11.1 Å². The first-order chi connectivity index (χ1) is 9.25. The van der Waals surface area contributed by atoms with E-state index in [4.69, 9.17) is 0 Å². The van der Waals surface area contributed by atoms with Gasteiger partial charge in [-0.3, -0.25) is 4.79 Å². The monoisotopic (exact) mass is 273 g/mol. The molecule has 0 saturated heterocycles. The molecule has 0 fully saturated rings. The molecule has 0 aliphatic rings. The summed E-state index contributed by atoms with van der Waals surface area (Å²) in [6, 6.07) is 6.22.